The summed E-state index contributed by atoms with van der Waals surface area (Å²) < 4.78 is 33.5. The number of anilines is 1. The first-order valence-corrected chi connectivity index (χ1v) is 8.63. The van der Waals surface area contributed by atoms with Crippen molar-refractivity contribution in [2.24, 2.45) is 0 Å². The maximum Gasteiger partial charge on any atom is 0.387 e. The number of ketones is 1. The number of thiophene rings is 1. The van der Waals surface area contributed by atoms with Crippen LogP contribution in [0.1, 0.15) is 38.1 Å². The van der Waals surface area contributed by atoms with Crippen molar-refractivity contribution >= 4 is 34.0 Å². The van der Waals surface area contributed by atoms with Crippen molar-refractivity contribution in [2.75, 3.05) is 11.9 Å². The van der Waals surface area contributed by atoms with Gasteiger partial charge in [-0.2, -0.15) is 8.78 Å². The summed E-state index contributed by atoms with van der Waals surface area (Å²) in [5.41, 5.74) is 1.06. The van der Waals surface area contributed by atoms with Crippen LogP contribution < -0.4 is 10.1 Å². The van der Waals surface area contributed by atoms with Gasteiger partial charge in [0.25, 0.3) is 0 Å². The first-order chi connectivity index (χ1) is 12.7. The maximum absolute atomic E-state index is 12.4. The third kappa shape index (κ3) is 5.33. The number of hydrogen-bond acceptors (Lipinski definition) is 6. The van der Waals surface area contributed by atoms with Gasteiger partial charge in [0, 0.05) is 17.4 Å². The standard InChI is InChI=1S/C18H17F2NO5S/c1-9-10(2)27-16(21-11(3)22)15(9)17(24)25-8-14(23)12-4-6-13(7-5-12)26-18(19)20/h4-7,18H,8H2,1-3H3,(H,21,22). The number of esters is 1. The summed E-state index contributed by atoms with van der Waals surface area (Å²) in [5, 5.41) is 2.94. The molecule has 144 valence electrons. The summed E-state index contributed by atoms with van der Waals surface area (Å²) in [6.45, 7) is 1.36. The fraction of sp³-hybridized carbons (Fsp3) is 0.278. The molecule has 1 aromatic heterocycles. The molecule has 9 heteroatoms. The molecular weight excluding hydrogens is 380 g/mol. The SMILES string of the molecule is CC(=O)Nc1sc(C)c(C)c1C(=O)OCC(=O)c1ccc(OC(F)F)cc1. The van der Waals surface area contributed by atoms with Gasteiger partial charge >= 0.3 is 12.6 Å². The molecule has 0 aliphatic rings. The minimum atomic E-state index is -2.96. The molecule has 27 heavy (non-hydrogen) atoms. The summed E-state index contributed by atoms with van der Waals surface area (Å²) in [4.78, 5) is 36.6. The van der Waals surface area contributed by atoms with E-state index in [4.69, 9.17) is 4.74 Å². The van der Waals surface area contributed by atoms with Gasteiger partial charge in [0.1, 0.15) is 10.8 Å². The molecule has 0 unspecified atom stereocenters. The van der Waals surface area contributed by atoms with Crippen molar-refractivity contribution < 1.29 is 32.6 Å². The highest BCUT2D eigenvalue weighted by Gasteiger charge is 2.22. The van der Waals surface area contributed by atoms with Crippen molar-refractivity contribution in [2.45, 2.75) is 27.4 Å². The molecule has 1 amide bonds. The molecule has 0 saturated carbocycles. The topological polar surface area (TPSA) is 81.7 Å². The molecular formula is C18H17F2NO5S. The number of carbonyl (C=O) groups is 3. The molecule has 0 aliphatic heterocycles. The predicted octanol–water partition coefficient (Wildman–Crippen LogP) is 3.96. The Morgan fingerprint density at radius 1 is 1.15 bits per heavy atom. The quantitative estimate of drug-likeness (QED) is 0.565. The van der Waals surface area contributed by atoms with Gasteiger partial charge in [-0.15, -0.1) is 11.3 Å². The zero-order chi connectivity index (χ0) is 20.1. The maximum atomic E-state index is 12.4. The number of alkyl halides is 2. The number of hydrogen-bond donors (Lipinski definition) is 1. The van der Waals surface area contributed by atoms with Gasteiger partial charge in [0.05, 0.1) is 5.56 Å². The number of Topliss-reactive ketones (excluding diaryl/α,β-unsaturated/α-hetero) is 1. The van der Waals surface area contributed by atoms with E-state index in [2.05, 4.69) is 10.1 Å². The second-order valence-corrected chi connectivity index (χ2v) is 6.80. The Kier molecular flexibility index (Phi) is 6.62. The van der Waals surface area contributed by atoms with E-state index in [1.807, 2.05) is 0 Å². The predicted molar refractivity (Wildman–Crippen MR) is 95.8 cm³/mol. The molecule has 0 atom stereocenters. The third-order valence-corrected chi connectivity index (χ3v) is 4.74. The van der Waals surface area contributed by atoms with E-state index in [1.54, 1.807) is 13.8 Å². The first kappa shape index (κ1) is 20.5. The van der Waals surface area contributed by atoms with E-state index in [-0.39, 0.29) is 22.8 Å². The average Bonchev–Trinajstić information content (AvgIpc) is 2.85. The largest absolute Gasteiger partial charge is 0.454 e. The van der Waals surface area contributed by atoms with Gasteiger partial charge in [-0.1, -0.05) is 0 Å². The number of amides is 1. The summed E-state index contributed by atoms with van der Waals surface area (Å²) in [6.07, 6.45) is 0. The number of nitrogens with one attached hydrogen (secondary N) is 1. The van der Waals surface area contributed by atoms with Gasteiger partial charge in [0.2, 0.25) is 5.91 Å². The molecule has 6 nitrogen and oxygen atoms in total. The van der Waals surface area contributed by atoms with Crippen LogP contribution >= 0.6 is 11.3 Å². The van der Waals surface area contributed by atoms with E-state index < -0.39 is 25.0 Å². The van der Waals surface area contributed by atoms with E-state index in [0.717, 1.165) is 4.88 Å². The monoisotopic (exact) mass is 397 g/mol. The Labute approximate surface area is 158 Å². The van der Waals surface area contributed by atoms with Crippen molar-refractivity contribution in [1.29, 1.82) is 0 Å². The molecule has 1 heterocycles. The Balaban J connectivity index is 2.05. The molecule has 1 N–H and O–H groups in total. The van der Waals surface area contributed by atoms with Crippen molar-refractivity contribution in [3.63, 3.8) is 0 Å². The van der Waals surface area contributed by atoms with Gasteiger partial charge < -0.3 is 14.8 Å². The van der Waals surface area contributed by atoms with Crippen molar-refractivity contribution in [3.8, 4) is 5.75 Å². The fourth-order valence-corrected chi connectivity index (χ4v) is 3.32. The van der Waals surface area contributed by atoms with Crippen LogP contribution in [0, 0.1) is 13.8 Å². The zero-order valence-corrected chi connectivity index (χ0v) is 15.6. The Morgan fingerprint density at radius 3 is 2.33 bits per heavy atom. The van der Waals surface area contributed by atoms with Gasteiger partial charge in [-0.05, 0) is 43.7 Å². The lowest BCUT2D eigenvalue weighted by atomic mass is 10.1. The zero-order valence-electron chi connectivity index (χ0n) is 14.8. The summed E-state index contributed by atoms with van der Waals surface area (Å²) in [5.74, 6) is -1.64. The van der Waals surface area contributed by atoms with Crippen molar-refractivity contribution in [1.82, 2.24) is 0 Å². The molecule has 2 rings (SSSR count). The molecule has 0 fully saturated rings. The number of carbonyl (C=O) groups excluding carboxylic acids is 3. The van der Waals surface area contributed by atoms with Crippen LogP contribution in [0.5, 0.6) is 5.75 Å². The molecule has 2 aromatic rings. The highest BCUT2D eigenvalue weighted by atomic mass is 32.1. The molecule has 0 aliphatic carbocycles. The van der Waals surface area contributed by atoms with Crippen LogP contribution in [0.15, 0.2) is 24.3 Å². The second kappa shape index (κ2) is 8.72. The molecule has 0 saturated heterocycles. The highest BCUT2D eigenvalue weighted by Crippen LogP contribution is 2.33. The van der Waals surface area contributed by atoms with E-state index in [1.165, 1.54) is 42.5 Å². The number of benzene rings is 1. The second-order valence-electron chi connectivity index (χ2n) is 5.57. The lowest BCUT2D eigenvalue weighted by Gasteiger charge is -2.08. The van der Waals surface area contributed by atoms with E-state index in [0.29, 0.717) is 10.6 Å². The molecule has 0 radical (unpaired) electrons. The number of aryl methyl sites for hydroxylation is 1. The van der Waals surface area contributed by atoms with Gasteiger partial charge in [0.15, 0.2) is 12.4 Å². The van der Waals surface area contributed by atoms with Crippen LogP contribution in [-0.2, 0) is 9.53 Å². The lowest BCUT2D eigenvalue weighted by Crippen LogP contribution is -2.16. The van der Waals surface area contributed by atoms with Crippen LogP contribution in [0.4, 0.5) is 13.8 Å². The number of halogens is 2. The molecule has 0 spiro atoms. The van der Waals surface area contributed by atoms with Crippen LogP contribution in [0.2, 0.25) is 0 Å². The summed E-state index contributed by atoms with van der Waals surface area (Å²) >= 11 is 1.24. The van der Waals surface area contributed by atoms with Crippen molar-refractivity contribution in [3.05, 3.63) is 45.8 Å². The minimum absolute atomic E-state index is 0.0807. The van der Waals surface area contributed by atoms with E-state index in [9.17, 15) is 23.2 Å². The number of rotatable bonds is 7. The number of ether oxygens (including phenoxy) is 2. The van der Waals surface area contributed by atoms with Gasteiger partial charge in [-0.3, -0.25) is 9.59 Å². The molecule has 0 bridgehead atoms. The summed E-state index contributed by atoms with van der Waals surface area (Å²) in [6, 6.07) is 5.05. The first-order valence-electron chi connectivity index (χ1n) is 7.81. The molecule has 1 aromatic carbocycles. The normalized spacial score (nSPS) is 10.6. The average molecular weight is 397 g/mol. The lowest BCUT2D eigenvalue weighted by molar-refractivity contribution is -0.114. The summed E-state index contributed by atoms with van der Waals surface area (Å²) in [7, 11) is 0. The smallest absolute Gasteiger partial charge is 0.387 e. The van der Waals surface area contributed by atoms with Crippen LogP contribution in [0.3, 0.4) is 0 Å². The fourth-order valence-electron chi connectivity index (χ4n) is 2.23. The van der Waals surface area contributed by atoms with Gasteiger partial charge in [-0.25, -0.2) is 4.79 Å². The Bertz CT molecular complexity index is 861. The van der Waals surface area contributed by atoms with Crippen LogP contribution in [0.25, 0.3) is 0 Å². The third-order valence-electron chi connectivity index (χ3n) is 3.61. The van der Waals surface area contributed by atoms with E-state index >= 15 is 0 Å². The minimum Gasteiger partial charge on any atom is -0.454 e. The Hall–Kier alpha value is -2.81. The van der Waals surface area contributed by atoms with Crippen LogP contribution in [-0.4, -0.2) is 30.9 Å². The highest BCUT2D eigenvalue weighted by molar-refractivity contribution is 7.16. The Morgan fingerprint density at radius 2 is 1.78 bits per heavy atom.